The van der Waals surface area contributed by atoms with Crippen LogP contribution in [0.4, 0.5) is 0 Å². The van der Waals surface area contributed by atoms with E-state index >= 15 is 0 Å². The van der Waals surface area contributed by atoms with Crippen LogP contribution in [-0.2, 0) is 0 Å². The summed E-state index contributed by atoms with van der Waals surface area (Å²) in [6.45, 7) is 3.28. The van der Waals surface area contributed by atoms with Crippen molar-refractivity contribution in [2.75, 3.05) is 0 Å². The molecular formula is C5H11O3. The maximum absolute atomic E-state index is 8.84. The van der Waals surface area contributed by atoms with Crippen LogP contribution in [-0.4, -0.2) is 27.0 Å². The maximum atomic E-state index is 8.84. The molecule has 0 spiro atoms. The van der Waals surface area contributed by atoms with Gasteiger partial charge in [0.2, 0.25) is 0 Å². The largest absolute Gasteiger partial charge is 0.390 e. The van der Waals surface area contributed by atoms with Gasteiger partial charge in [0.15, 0.2) is 0 Å². The lowest BCUT2D eigenvalue weighted by Crippen LogP contribution is -2.37. The van der Waals surface area contributed by atoms with Crippen molar-refractivity contribution in [3.8, 4) is 0 Å². The van der Waals surface area contributed by atoms with Gasteiger partial charge in [0.1, 0.15) is 12.2 Å². The predicted octanol–water partition coefficient (Wildman–Crippen LogP) is -0.348. The molecule has 0 amide bonds. The molecule has 0 aromatic heterocycles. The Labute approximate surface area is 48.6 Å². The molecule has 0 aliphatic heterocycles. The SMILES string of the molecule is CC(O)C(C)(O)[CH]O. The van der Waals surface area contributed by atoms with Crippen LogP contribution in [0.25, 0.3) is 0 Å². The van der Waals surface area contributed by atoms with Gasteiger partial charge in [-0.1, -0.05) is 0 Å². The van der Waals surface area contributed by atoms with Crippen molar-refractivity contribution in [1.82, 2.24) is 0 Å². The van der Waals surface area contributed by atoms with E-state index < -0.39 is 11.7 Å². The zero-order valence-corrected chi connectivity index (χ0v) is 5.00. The van der Waals surface area contributed by atoms with Gasteiger partial charge in [-0.3, -0.25) is 0 Å². The van der Waals surface area contributed by atoms with Gasteiger partial charge in [-0.2, -0.15) is 0 Å². The molecule has 0 heterocycles. The monoisotopic (exact) mass is 119 g/mol. The van der Waals surface area contributed by atoms with Crippen molar-refractivity contribution in [2.45, 2.75) is 25.6 Å². The standard InChI is InChI=1S/C5H11O3/c1-4(7)5(2,8)3-6/h3-4,6-8H,1-2H3. The molecule has 0 bridgehead atoms. The van der Waals surface area contributed by atoms with Crippen LogP contribution in [0.1, 0.15) is 13.8 Å². The highest BCUT2D eigenvalue weighted by Gasteiger charge is 2.25. The Morgan fingerprint density at radius 3 is 2.00 bits per heavy atom. The van der Waals surface area contributed by atoms with Gasteiger partial charge in [0, 0.05) is 0 Å². The molecule has 2 atom stereocenters. The van der Waals surface area contributed by atoms with E-state index in [0.29, 0.717) is 6.61 Å². The minimum atomic E-state index is -1.47. The van der Waals surface area contributed by atoms with Crippen molar-refractivity contribution in [1.29, 1.82) is 0 Å². The Balaban J connectivity index is 3.71. The molecule has 8 heavy (non-hydrogen) atoms. The van der Waals surface area contributed by atoms with Crippen LogP contribution in [0.15, 0.2) is 0 Å². The molecule has 2 unspecified atom stereocenters. The summed E-state index contributed by atoms with van der Waals surface area (Å²) in [5, 5.41) is 25.7. The van der Waals surface area contributed by atoms with Crippen LogP contribution >= 0.6 is 0 Å². The first-order valence-corrected chi connectivity index (χ1v) is 2.39. The van der Waals surface area contributed by atoms with Crippen LogP contribution in [0.3, 0.4) is 0 Å². The summed E-state index contributed by atoms with van der Waals surface area (Å²) in [5.74, 6) is 0. The Bertz CT molecular complexity index is 68.1. The van der Waals surface area contributed by atoms with E-state index in [1.165, 1.54) is 13.8 Å². The summed E-state index contributed by atoms with van der Waals surface area (Å²) in [5.41, 5.74) is -1.47. The van der Waals surface area contributed by atoms with Gasteiger partial charge in [-0.25, -0.2) is 0 Å². The Kier molecular flexibility index (Phi) is 2.40. The number of hydrogen-bond donors (Lipinski definition) is 3. The second kappa shape index (κ2) is 2.44. The van der Waals surface area contributed by atoms with Crippen LogP contribution in [0, 0.1) is 6.61 Å². The molecule has 1 radical (unpaired) electrons. The third kappa shape index (κ3) is 1.78. The molecule has 0 aromatic carbocycles. The van der Waals surface area contributed by atoms with Crippen molar-refractivity contribution >= 4 is 0 Å². The third-order valence-electron chi connectivity index (χ3n) is 1.11. The van der Waals surface area contributed by atoms with Gasteiger partial charge in [-0.05, 0) is 13.8 Å². The zero-order chi connectivity index (χ0) is 6.78. The summed E-state index contributed by atoms with van der Waals surface area (Å²) in [4.78, 5) is 0. The van der Waals surface area contributed by atoms with Gasteiger partial charge in [-0.15, -0.1) is 0 Å². The van der Waals surface area contributed by atoms with E-state index in [4.69, 9.17) is 15.3 Å². The number of hydrogen-bond acceptors (Lipinski definition) is 3. The first-order chi connectivity index (χ1) is 3.50. The summed E-state index contributed by atoms with van der Waals surface area (Å²) >= 11 is 0. The van der Waals surface area contributed by atoms with E-state index in [1.807, 2.05) is 0 Å². The molecule has 3 heteroatoms. The van der Waals surface area contributed by atoms with Crippen LogP contribution in [0.5, 0.6) is 0 Å². The van der Waals surface area contributed by atoms with Crippen LogP contribution in [0.2, 0.25) is 0 Å². The van der Waals surface area contributed by atoms with Gasteiger partial charge in [0.25, 0.3) is 0 Å². The van der Waals surface area contributed by atoms with E-state index in [0.717, 1.165) is 0 Å². The Morgan fingerprint density at radius 2 is 2.00 bits per heavy atom. The average Bonchev–Trinajstić information content (AvgIpc) is 1.67. The van der Waals surface area contributed by atoms with Crippen LogP contribution < -0.4 is 0 Å². The fraction of sp³-hybridized carbons (Fsp3) is 0.800. The van der Waals surface area contributed by atoms with E-state index in [2.05, 4.69) is 0 Å². The highest BCUT2D eigenvalue weighted by atomic mass is 16.4. The smallest absolute Gasteiger partial charge is 0.116 e. The van der Waals surface area contributed by atoms with Crippen molar-refractivity contribution in [3.63, 3.8) is 0 Å². The van der Waals surface area contributed by atoms with E-state index in [9.17, 15) is 0 Å². The third-order valence-corrected chi connectivity index (χ3v) is 1.11. The zero-order valence-electron chi connectivity index (χ0n) is 5.00. The normalized spacial score (nSPS) is 22.1. The summed E-state index contributed by atoms with van der Waals surface area (Å²) in [6, 6.07) is 0. The van der Waals surface area contributed by atoms with Gasteiger partial charge in [0.05, 0.1) is 6.10 Å². The molecule has 0 aliphatic rings. The molecule has 3 N–H and O–H groups in total. The first-order valence-electron chi connectivity index (χ1n) is 2.39. The molecule has 0 aromatic rings. The number of rotatable bonds is 2. The number of aliphatic hydroxyl groups excluding tert-OH is 2. The second-order valence-electron chi connectivity index (χ2n) is 2.03. The second-order valence-corrected chi connectivity index (χ2v) is 2.03. The van der Waals surface area contributed by atoms with Gasteiger partial charge >= 0.3 is 0 Å². The summed E-state index contributed by atoms with van der Waals surface area (Å²) in [6.07, 6.45) is -0.938. The molecule has 3 nitrogen and oxygen atoms in total. The maximum Gasteiger partial charge on any atom is 0.116 e. The lowest BCUT2D eigenvalue weighted by Gasteiger charge is -2.22. The van der Waals surface area contributed by atoms with E-state index in [1.54, 1.807) is 0 Å². The average molecular weight is 119 g/mol. The van der Waals surface area contributed by atoms with Crippen molar-refractivity contribution in [2.24, 2.45) is 0 Å². The Hall–Kier alpha value is -0.120. The van der Waals surface area contributed by atoms with Gasteiger partial charge < -0.3 is 15.3 Å². The van der Waals surface area contributed by atoms with Crippen molar-refractivity contribution < 1.29 is 15.3 Å². The highest BCUT2D eigenvalue weighted by Crippen LogP contribution is 2.09. The molecule has 0 saturated carbocycles. The first kappa shape index (κ1) is 7.88. The number of aliphatic hydroxyl groups is 3. The summed E-state index contributed by atoms with van der Waals surface area (Å²) < 4.78 is 0. The summed E-state index contributed by atoms with van der Waals surface area (Å²) in [7, 11) is 0. The van der Waals surface area contributed by atoms with Crippen molar-refractivity contribution in [3.05, 3.63) is 6.61 Å². The molecule has 0 fully saturated rings. The molecule has 49 valence electrons. The van der Waals surface area contributed by atoms with E-state index in [-0.39, 0.29) is 0 Å². The fourth-order valence-corrected chi connectivity index (χ4v) is 0.108. The molecule has 0 rings (SSSR count). The fourth-order valence-electron chi connectivity index (χ4n) is 0.108. The minimum absolute atomic E-state index is 0.567. The molecule has 0 aliphatic carbocycles. The highest BCUT2D eigenvalue weighted by molar-refractivity contribution is 4.85. The Morgan fingerprint density at radius 1 is 1.62 bits per heavy atom. The molecular weight excluding hydrogens is 108 g/mol. The minimum Gasteiger partial charge on any atom is -0.390 e. The quantitative estimate of drug-likeness (QED) is 0.465. The topological polar surface area (TPSA) is 60.7 Å². The molecule has 0 saturated heterocycles. The lowest BCUT2D eigenvalue weighted by atomic mass is 10.0. The predicted molar refractivity (Wildman–Crippen MR) is 28.5 cm³/mol. The lowest BCUT2D eigenvalue weighted by molar-refractivity contribution is -0.0545.